The SMILES string of the molecule is CCOc1cccc(CNC(=NC)NCc2ccnc(-n3ccnc3)c2)c1OC(F)F. The summed E-state index contributed by atoms with van der Waals surface area (Å²) in [6.45, 7) is -0.121. The normalized spacial score (nSPS) is 11.5. The lowest BCUT2D eigenvalue weighted by atomic mass is 10.2. The van der Waals surface area contributed by atoms with Crippen LogP contribution in [0.3, 0.4) is 0 Å². The number of pyridine rings is 1. The predicted octanol–water partition coefficient (Wildman–Crippen LogP) is 3.13. The number of guanidine groups is 1. The first-order valence-corrected chi connectivity index (χ1v) is 9.68. The minimum atomic E-state index is -2.95. The fourth-order valence-electron chi connectivity index (χ4n) is 2.88. The summed E-state index contributed by atoms with van der Waals surface area (Å²) in [6, 6.07) is 8.84. The summed E-state index contributed by atoms with van der Waals surface area (Å²) in [5.41, 5.74) is 1.52. The van der Waals surface area contributed by atoms with E-state index >= 15 is 0 Å². The van der Waals surface area contributed by atoms with Gasteiger partial charge in [-0.2, -0.15) is 8.78 Å². The van der Waals surface area contributed by atoms with Crippen molar-refractivity contribution in [2.75, 3.05) is 13.7 Å². The van der Waals surface area contributed by atoms with Crippen molar-refractivity contribution in [3.63, 3.8) is 0 Å². The molecular weight excluding hydrogens is 406 g/mol. The van der Waals surface area contributed by atoms with Crippen LogP contribution < -0.4 is 20.1 Å². The van der Waals surface area contributed by atoms with Crippen molar-refractivity contribution in [2.45, 2.75) is 26.6 Å². The number of alkyl halides is 2. The molecule has 3 aromatic rings. The van der Waals surface area contributed by atoms with E-state index in [0.29, 0.717) is 24.7 Å². The van der Waals surface area contributed by atoms with Crippen LogP contribution in [0.1, 0.15) is 18.1 Å². The summed E-state index contributed by atoms with van der Waals surface area (Å²) in [4.78, 5) is 12.5. The Bertz CT molecular complexity index is 995. The summed E-state index contributed by atoms with van der Waals surface area (Å²) in [5.74, 6) is 1.54. The van der Waals surface area contributed by atoms with Crippen molar-refractivity contribution in [3.8, 4) is 17.3 Å². The summed E-state index contributed by atoms with van der Waals surface area (Å²) < 4.78 is 37.7. The van der Waals surface area contributed by atoms with E-state index in [1.54, 1.807) is 50.9 Å². The van der Waals surface area contributed by atoms with Crippen LogP contribution in [-0.4, -0.2) is 40.8 Å². The van der Waals surface area contributed by atoms with E-state index in [1.165, 1.54) is 0 Å². The van der Waals surface area contributed by atoms with Crippen LogP contribution in [0.2, 0.25) is 0 Å². The first kappa shape index (κ1) is 22.0. The van der Waals surface area contributed by atoms with E-state index in [1.807, 2.05) is 22.9 Å². The number of rotatable bonds is 9. The van der Waals surface area contributed by atoms with Crippen LogP contribution in [0.25, 0.3) is 5.82 Å². The molecule has 0 bridgehead atoms. The highest BCUT2D eigenvalue weighted by Gasteiger charge is 2.16. The Morgan fingerprint density at radius 1 is 1.19 bits per heavy atom. The number of benzene rings is 1. The van der Waals surface area contributed by atoms with Gasteiger partial charge in [0.1, 0.15) is 12.1 Å². The van der Waals surface area contributed by atoms with Gasteiger partial charge in [-0.1, -0.05) is 12.1 Å². The standard InChI is InChI=1S/C21H24F2N6O2/c1-3-30-17-6-4-5-16(19(17)31-20(22)23)13-28-21(24-2)27-12-15-7-8-26-18(11-15)29-10-9-25-14-29/h4-11,14,20H,3,12-13H2,1-2H3,(H2,24,27,28). The van der Waals surface area contributed by atoms with Crippen LogP contribution >= 0.6 is 0 Å². The molecule has 164 valence electrons. The quantitative estimate of drug-likeness (QED) is 0.401. The number of hydrogen-bond acceptors (Lipinski definition) is 5. The van der Waals surface area contributed by atoms with Gasteiger partial charge in [-0.3, -0.25) is 9.56 Å². The second kappa shape index (κ2) is 10.9. The highest BCUT2D eigenvalue weighted by atomic mass is 19.3. The van der Waals surface area contributed by atoms with Gasteiger partial charge in [0.2, 0.25) is 0 Å². The first-order chi connectivity index (χ1) is 15.1. The molecule has 3 rings (SSSR count). The van der Waals surface area contributed by atoms with E-state index in [0.717, 1.165) is 11.4 Å². The fourth-order valence-corrected chi connectivity index (χ4v) is 2.88. The van der Waals surface area contributed by atoms with Crippen molar-refractivity contribution < 1.29 is 18.3 Å². The van der Waals surface area contributed by atoms with Crippen molar-refractivity contribution in [1.82, 2.24) is 25.2 Å². The minimum Gasteiger partial charge on any atom is -0.490 e. The number of nitrogens with zero attached hydrogens (tertiary/aromatic N) is 4. The van der Waals surface area contributed by atoms with E-state index in [-0.39, 0.29) is 18.0 Å². The molecule has 0 aliphatic heterocycles. The second-order valence-electron chi connectivity index (χ2n) is 6.33. The van der Waals surface area contributed by atoms with Crippen molar-refractivity contribution in [1.29, 1.82) is 0 Å². The zero-order chi connectivity index (χ0) is 22.1. The van der Waals surface area contributed by atoms with Gasteiger partial charge in [0.05, 0.1) is 6.61 Å². The number of nitrogens with one attached hydrogen (secondary N) is 2. The van der Waals surface area contributed by atoms with Crippen LogP contribution in [0.4, 0.5) is 8.78 Å². The molecule has 0 spiro atoms. The van der Waals surface area contributed by atoms with Gasteiger partial charge in [-0.15, -0.1) is 0 Å². The molecule has 2 N–H and O–H groups in total. The molecule has 0 aliphatic rings. The minimum absolute atomic E-state index is 0.0152. The van der Waals surface area contributed by atoms with Gasteiger partial charge >= 0.3 is 6.61 Å². The van der Waals surface area contributed by atoms with Gasteiger partial charge in [0.15, 0.2) is 17.5 Å². The monoisotopic (exact) mass is 430 g/mol. The third kappa shape index (κ3) is 6.14. The number of ether oxygens (including phenoxy) is 2. The van der Waals surface area contributed by atoms with Gasteiger partial charge in [0, 0.05) is 44.3 Å². The number of imidazole rings is 1. The molecular formula is C21H24F2N6O2. The number of hydrogen-bond donors (Lipinski definition) is 2. The largest absolute Gasteiger partial charge is 0.490 e. The summed E-state index contributed by atoms with van der Waals surface area (Å²) in [5, 5.41) is 6.30. The van der Waals surface area contributed by atoms with E-state index < -0.39 is 6.61 Å². The topological polar surface area (TPSA) is 85.6 Å². The lowest BCUT2D eigenvalue weighted by molar-refractivity contribution is -0.0520. The molecule has 0 amide bonds. The predicted molar refractivity (Wildman–Crippen MR) is 113 cm³/mol. The molecule has 0 saturated heterocycles. The van der Waals surface area contributed by atoms with E-state index in [2.05, 4.69) is 25.6 Å². The Labute approximate surface area is 179 Å². The van der Waals surface area contributed by atoms with Crippen LogP contribution in [0.5, 0.6) is 11.5 Å². The van der Waals surface area contributed by atoms with Gasteiger partial charge in [0.25, 0.3) is 0 Å². The van der Waals surface area contributed by atoms with Crippen molar-refractivity contribution in [3.05, 3.63) is 66.4 Å². The number of aromatic nitrogens is 3. The molecule has 1 aromatic carbocycles. The molecule has 0 fully saturated rings. The second-order valence-corrected chi connectivity index (χ2v) is 6.33. The van der Waals surface area contributed by atoms with Gasteiger partial charge in [-0.25, -0.2) is 9.97 Å². The summed E-state index contributed by atoms with van der Waals surface area (Å²) >= 11 is 0. The number of aliphatic imine (C=N–C) groups is 1. The lowest BCUT2D eigenvalue weighted by Gasteiger charge is -2.17. The smallest absolute Gasteiger partial charge is 0.387 e. The van der Waals surface area contributed by atoms with Crippen molar-refractivity contribution in [2.24, 2.45) is 4.99 Å². The Hall–Kier alpha value is -3.69. The molecule has 0 saturated carbocycles. The van der Waals surface area contributed by atoms with Crippen LogP contribution in [0, 0.1) is 0 Å². The molecule has 8 nitrogen and oxygen atoms in total. The maximum absolute atomic E-state index is 12.9. The summed E-state index contributed by atoms with van der Waals surface area (Å²) in [6.07, 6.45) is 6.89. The number of halogens is 2. The summed E-state index contributed by atoms with van der Waals surface area (Å²) in [7, 11) is 1.63. The van der Waals surface area contributed by atoms with Crippen molar-refractivity contribution >= 4 is 5.96 Å². The molecule has 0 radical (unpaired) electrons. The fraction of sp³-hybridized carbons (Fsp3) is 0.286. The van der Waals surface area contributed by atoms with E-state index in [4.69, 9.17) is 9.47 Å². The molecule has 10 heteroatoms. The Balaban J connectivity index is 1.64. The zero-order valence-corrected chi connectivity index (χ0v) is 17.3. The lowest BCUT2D eigenvalue weighted by Crippen LogP contribution is -2.36. The zero-order valence-electron chi connectivity index (χ0n) is 17.3. The third-order valence-corrected chi connectivity index (χ3v) is 4.28. The highest BCUT2D eigenvalue weighted by molar-refractivity contribution is 5.79. The maximum Gasteiger partial charge on any atom is 0.387 e. The molecule has 0 atom stereocenters. The van der Waals surface area contributed by atoms with Crippen LogP contribution in [-0.2, 0) is 13.1 Å². The molecule has 31 heavy (non-hydrogen) atoms. The molecule has 2 aromatic heterocycles. The van der Waals surface area contributed by atoms with Gasteiger partial charge in [-0.05, 0) is 30.7 Å². The maximum atomic E-state index is 12.9. The molecule has 0 aliphatic carbocycles. The first-order valence-electron chi connectivity index (χ1n) is 9.68. The molecule has 0 unspecified atom stereocenters. The van der Waals surface area contributed by atoms with Crippen LogP contribution in [0.15, 0.2) is 60.2 Å². The number of para-hydroxylation sites is 1. The Kier molecular flexibility index (Phi) is 7.74. The molecule has 2 heterocycles. The Morgan fingerprint density at radius 3 is 2.74 bits per heavy atom. The van der Waals surface area contributed by atoms with Gasteiger partial charge < -0.3 is 20.1 Å². The third-order valence-electron chi connectivity index (χ3n) is 4.28. The Morgan fingerprint density at radius 2 is 2.03 bits per heavy atom. The van der Waals surface area contributed by atoms with E-state index in [9.17, 15) is 8.78 Å². The highest BCUT2D eigenvalue weighted by Crippen LogP contribution is 2.32. The average Bonchev–Trinajstić information content (AvgIpc) is 3.31. The average molecular weight is 430 g/mol.